The lowest BCUT2D eigenvalue weighted by molar-refractivity contribution is 0.337. The van der Waals surface area contributed by atoms with Crippen LogP contribution in [-0.2, 0) is 13.0 Å². The van der Waals surface area contributed by atoms with Gasteiger partial charge in [-0.05, 0) is 48.4 Å². The van der Waals surface area contributed by atoms with Gasteiger partial charge in [0.25, 0.3) is 0 Å². The van der Waals surface area contributed by atoms with Crippen LogP contribution in [0.1, 0.15) is 21.6 Å². The number of hydrogen-bond acceptors (Lipinski definition) is 3. The third-order valence-corrected chi connectivity index (χ3v) is 6.19. The van der Waals surface area contributed by atoms with E-state index in [1.165, 1.54) is 21.2 Å². The molecule has 0 N–H and O–H groups in total. The minimum Gasteiger partial charge on any atom is -0.302 e. The van der Waals surface area contributed by atoms with Gasteiger partial charge in [-0.25, -0.2) is 0 Å². The average Bonchev–Trinajstić information content (AvgIpc) is 2.85. The number of allylic oxidation sites excluding steroid dienone is 1. The van der Waals surface area contributed by atoms with Crippen molar-refractivity contribution in [2.45, 2.75) is 13.0 Å². The van der Waals surface area contributed by atoms with Crippen molar-refractivity contribution in [1.29, 1.82) is 5.26 Å². The SMILES string of the molecule is CN1CCc2c(Cl)ccc3sc(C=C(C#N)c4ccccc4)c(c23)C1. The lowest BCUT2D eigenvalue weighted by Crippen LogP contribution is -2.18. The van der Waals surface area contributed by atoms with Crippen molar-refractivity contribution in [3.8, 4) is 6.07 Å². The number of nitrogens with zero attached hydrogens (tertiary/aromatic N) is 2. The first kappa shape index (κ1) is 16.4. The summed E-state index contributed by atoms with van der Waals surface area (Å²) in [6.07, 6.45) is 3.00. The van der Waals surface area contributed by atoms with Gasteiger partial charge in [0.2, 0.25) is 0 Å². The number of rotatable bonds is 2. The largest absolute Gasteiger partial charge is 0.302 e. The van der Waals surface area contributed by atoms with Crippen LogP contribution in [0.25, 0.3) is 21.7 Å². The molecule has 124 valence electrons. The van der Waals surface area contributed by atoms with Gasteiger partial charge in [0.1, 0.15) is 0 Å². The zero-order valence-corrected chi connectivity index (χ0v) is 15.5. The highest BCUT2D eigenvalue weighted by Crippen LogP contribution is 2.40. The molecule has 2 heterocycles. The van der Waals surface area contributed by atoms with E-state index in [9.17, 15) is 5.26 Å². The topological polar surface area (TPSA) is 27.0 Å². The highest BCUT2D eigenvalue weighted by Gasteiger charge is 2.21. The maximum Gasteiger partial charge on any atom is 0.0998 e. The maximum atomic E-state index is 9.65. The van der Waals surface area contributed by atoms with Crippen molar-refractivity contribution in [3.63, 3.8) is 0 Å². The number of hydrogen-bond donors (Lipinski definition) is 0. The zero-order valence-electron chi connectivity index (χ0n) is 13.9. The first-order valence-corrected chi connectivity index (χ1v) is 9.45. The molecular formula is C21H17ClN2S. The molecule has 2 aromatic carbocycles. The monoisotopic (exact) mass is 364 g/mol. The highest BCUT2D eigenvalue weighted by atomic mass is 35.5. The quantitative estimate of drug-likeness (QED) is 0.553. The van der Waals surface area contributed by atoms with E-state index in [4.69, 9.17) is 11.6 Å². The van der Waals surface area contributed by atoms with Gasteiger partial charge < -0.3 is 4.90 Å². The molecule has 4 rings (SSSR count). The number of thiophene rings is 1. The summed E-state index contributed by atoms with van der Waals surface area (Å²) in [7, 11) is 2.14. The second kappa shape index (κ2) is 6.65. The Morgan fingerprint density at radius 1 is 1.20 bits per heavy atom. The minimum atomic E-state index is 0.697. The Morgan fingerprint density at radius 3 is 2.76 bits per heavy atom. The molecule has 25 heavy (non-hydrogen) atoms. The van der Waals surface area contributed by atoms with E-state index in [-0.39, 0.29) is 0 Å². The number of halogens is 1. The van der Waals surface area contributed by atoms with Gasteiger partial charge in [0, 0.05) is 33.1 Å². The zero-order chi connectivity index (χ0) is 17.4. The van der Waals surface area contributed by atoms with Gasteiger partial charge in [-0.2, -0.15) is 5.26 Å². The smallest absolute Gasteiger partial charge is 0.0998 e. The molecule has 0 unspecified atom stereocenters. The lowest BCUT2D eigenvalue weighted by atomic mass is 10.0. The molecule has 3 aromatic rings. The number of likely N-dealkylation sites (N-methyl/N-ethyl adjacent to an activating group) is 1. The fourth-order valence-electron chi connectivity index (χ4n) is 3.42. The molecule has 4 heteroatoms. The van der Waals surface area contributed by atoms with Crippen LogP contribution in [0, 0.1) is 11.3 Å². The first-order chi connectivity index (χ1) is 12.2. The minimum absolute atomic E-state index is 0.697. The van der Waals surface area contributed by atoms with Crippen LogP contribution >= 0.6 is 22.9 Å². The number of nitriles is 1. The fourth-order valence-corrected chi connectivity index (χ4v) is 4.86. The van der Waals surface area contributed by atoms with E-state index in [0.29, 0.717) is 5.57 Å². The van der Waals surface area contributed by atoms with Crippen LogP contribution in [0.3, 0.4) is 0 Å². The Labute approximate surface area is 156 Å². The molecule has 0 amide bonds. The summed E-state index contributed by atoms with van der Waals surface area (Å²) in [4.78, 5) is 3.48. The molecule has 0 atom stereocenters. The van der Waals surface area contributed by atoms with E-state index < -0.39 is 0 Å². The number of benzene rings is 2. The molecular weight excluding hydrogens is 348 g/mol. The summed E-state index contributed by atoms with van der Waals surface area (Å²) in [5, 5.41) is 11.8. The predicted octanol–water partition coefficient (Wildman–Crippen LogP) is 5.61. The van der Waals surface area contributed by atoms with Crippen molar-refractivity contribution in [3.05, 3.63) is 69.1 Å². The predicted molar refractivity (Wildman–Crippen MR) is 107 cm³/mol. The van der Waals surface area contributed by atoms with E-state index >= 15 is 0 Å². The summed E-state index contributed by atoms with van der Waals surface area (Å²) in [6, 6.07) is 16.3. The molecule has 1 aliphatic rings. The molecule has 0 fully saturated rings. The third kappa shape index (κ3) is 2.98. The van der Waals surface area contributed by atoms with Crippen LogP contribution in [0.4, 0.5) is 0 Å². The molecule has 0 spiro atoms. The van der Waals surface area contributed by atoms with E-state index in [2.05, 4.69) is 24.1 Å². The van der Waals surface area contributed by atoms with Crippen LogP contribution in [-0.4, -0.2) is 18.5 Å². The standard InChI is InChI=1S/C21H17ClN2S/c1-24-10-9-16-18(22)7-8-19-21(16)17(13-24)20(25-19)11-15(12-23)14-5-3-2-4-6-14/h2-8,11H,9-10,13H2,1H3. The van der Waals surface area contributed by atoms with Gasteiger partial charge in [-0.3, -0.25) is 0 Å². The van der Waals surface area contributed by atoms with Crippen molar-refractivity contribution in [2.24, 2.45) is 0 Å². The first-order valence-electron chi connectivity index (χ1n) is 8.26. The Hall–Kier alpha value is -2.12. The summed E-state index contributed by atoms with van der Waals surface area (Å²) >= 11 is 8.23. The van der Waals surface area contributed by atoms with Crippen molar-refractivity contribution in [2.75, 3.05) is 13.6 Å². The molecule has 0 radical (unpaired) electrons. The maximum absolute atomic E-state index is 9.65. The molecule has 0 bridgehead atoms. The molecule has 1 aromatic heterocycles. The van der Waals surface area contributed by atoms with Gasteiger partial charge in [0.15, 0.2) is 0 Å². The van der Waals surface area contributed by atoms with Gasteiger partial charge in [0.05, 0.1) is 11.6 Å². The van der Waals surface area contributed by atoms with E-state index in [1.807, 2.05) is 42.5 Å². The summed E-state index contributed by atoms with van der Waals surface area (Å²) in [5.74, 6) is 0. The van der Waals surface area contributed by atoms with Crippen LogP contribution in [0.15, 0.2) is 42.5 Å². The Balaban J connectivity index is 1.94. The molecule has 2 nitrogen and oxygen atoms in total. The second-order valence-corrected chi connectivity index (χ2v) is 7.86. The summed E-state index contributed by atoms with van der Waals surface area (Å²) < 4.78 is 1.25. The van der Waals surface area contributed by atoms with Crippen LogP contribution in [0.5, 0.6) is 0 Å². The average molecular weight is 365 g/mol. The van der Waals surface area contributed by atoms with Crippen LogP contribution in [0.2, 0.25) is 5.02 Å². The highest BCUT2D eigenvalue weighted by molar-refractivity contribution is 7.20. The lowest BCUT2D eigenvalue weighted by Gasteiger charge is -2.13. The normalized spacial score (nSPS) is 15.2. The fraction of sp³-hybridized carbons (Fsp3) is 0.190. The van der Waals surface area contributed by atoms with Crippen molar-refractivity contribution >= 4 is 44.7 Å². The van der Waals surface area contributed by atoms with Crippen molar-refractivity contribution < 1.29 is 0 Å². The molecule has 0 aliphatic carbocycles. The van der Waals surface area contributed by atoms with Crippen molar-refractivity contribution in [1.82, 2.24) is 4.90 Å². The van der Waals surface area contributed by atoms with E-state index in [1.54, 1.807) is 11.3 Å². The summed E-state index contributed by atoms with van der Waals surface area (Å²) in [5.41, 5.74) is 4.19. The Morgan fingerprint density at radius 2 is 2.00 bits per heavy atom. The molecule has 0 saturated carbocycles. The third-order valence-electron chi connectivity index (χ3n) is 4.69. The molecule has 1 aliphatic heterocycles. The van der Waals surface area contributed by atoms with Gasteiger partial charge >= 0.3 is 0 Å². The van der Waals surface area contributed by atoms with Crippen LogP contribution < -0.4 is 0 Å². The summed E-state index contributed by atoms with van der Waals surface area (Å²) in [6.45, 7) is 1.87. The van der Waals surface area contributed by atoms with Gasteiger partial charge in [-0.15, -0.1) is 11.3 Å². The van der Waals surface area contributed by atoms with E-state index in [0.717, 1.165) is 35.0 Å². The Bertz CT molecular complexity index is 1010. The molecule has 0 saturated heterocycles. The Kier molecular flexibility index (Phi) is 4.35. The van der Waals surface area contributed by atoms with Gasteiger partial charge in [-0.1, -0.05) is 41.9 Å². The second-order valence-electron chi connectivity index (χ2n) is 6.37.